The van der Waals surface area contributed by atoms with Gasteiger partial charge >= 0.3 is 0 Å². The van der Waals surface area contributed by atoms with E-state index in [0.29, 0.717) is 22.0 Å². The van der Waals surface area contributed by atoms with Crippen LogP contribution in [0.15, 0.2) is 40.9 Å². The Morgan fingerprint density at radius 3 is 2.52 bits per heavy atom. The summed E-state index contributed by atoms with van der Waals surface area (Å²) in [4.78, 5) is 0. The van der Waals surface area contributed by atoms with E-state index < -0.39 is 0 Å². The van der Waals surface area contributed by atoms with Crippen molar-refractivity contribution in [1.29, 1.82) is 0 Å². The normalized spacial score (nSPS) is 12.4. The molecule has 0 amide bonds. The van der Waals surface area contributed by atoms with Gasteiger partial charge in [-0.05, 0) is 54.4 Å². The molecule has 5 heteroatoms. The van der Waals surface area contributed by atoms with Gasteiger partial charge in [-0.3, -0.25) is 0 Å². The second kappa shape index (κ2) is 7.59. The van der Waals surface area contributed by atoms with Crippen LogP contribution < -0.4 is 5.32 Å². The Kier molecular flexibility index (Phi) is 6.06. The van der Waals surface area contributed by atoms with Crippen molar-refractivity contribution in [3.05, 3.63) is 67.9 Å². The van der Waals surface area contributed by atoms with Gasteiger partial charge in [-0.1, -0.05) is 52.1 Å². The van der Waals surface area contributed by atoms with Crippen molar-refractivity contribution in [2.45, 2.75) is 19.4 Å². The summed E-state index contributed by atoms with van der Waals surface area (Å²) in [5.74, 6) is -0.286. The maximum absolute atomic E-state index is 14.0. The summed E-state index contributed by atoms with van der Waals surface area (Å²) >= 11 is 15.3. The molecule has 2 aromatic rings. The lowest BCUT2D eigenvalue weighted by Gasteiger charge is -2.19. The van der Waals surface area contributed by atoms with E-state index in [9.17, 15) is 4.39 Å². The lowest BCUT2D eigenvalue weighted by atomic mass is 9.98. The van der Waals surface area contributed by atoms with Gasteiger partial charge in [0, 0.05) is 20.6 Å². The fraction of sp³-hybridized carbons (Fsp3) is 0.250. The molecule has 0 aromatic heterocycles. The van der Waals surface area contributed by atoms with Gasteiger partial charge in [-0.15, -0.1) is 0 Å². The van der Waals surface area contributed by atoms with Gasteiger partial charge in [0.1, 0.15) is 5.82 Å². The second-order valence-electron chi connectivity index (χ2n) is 4.75. The first kappa shape index (κ1) is 16.8. The molecule has 1 nitrogen and oxygen atoms in total. The van der Waals surface area contributed by atoms with Gasteiger partial charge in [-0.2, -0.15) is 0 Å². The highest BCUT2D eigenvalue weighted by Gasteiger charge is 2.15. The molecule has 0 saturated carbocycles. The van der Waals surface area contributed by atoms with E-state index in [1.54, 1.807) is 12.1 Å². The van der Waals surface area contributed by atoms with Gasteiger partial charge in [-0.25, -0.2) is 4.39 Å². The van der Waals surface area contributed by atoms with E-state index in [1.165, 1.54) is 6.07 Å². The Bertz CT molecular complexity index is 613. The molecule has 2 aromatic carbocycles. The van der Waals surface area contributed by atoms with E-state index in [4.69, 9.17) is 23.2 Å². The summed E-state index contributed by atoms with van der Waals surface area (Å²) in [6.07, 6.45) is 0.531. The molecule has 0 bridgehead atoms. The Morgan fingerprint density at radius 1 is 1.14 bits per heavy atom. The van der Waals surface area contributed by atoms with Crippen LogP contribution in [0.2, 0.25) is 10.0 Å². The van der Waals surface area contributed by atoms with E-state index in [2.05, 4.69) is 21.2 Å². The van der Waals surface area contributed by atoms with Gasteiger partial charge in [0.2, 0.25) is 0 Å². The van der Waals surface area contributed by atoms with Crippen LogP contribution >= 0.6 is 39.1 Å². The molecule has 0 radical (unpaired) electrons. The van der Waals surface area contributed by atoms with Crippen LogP contribution in [0.3, 0.4) is 0 Å². The number of likely N-dealkylation sites (N-methyl/N-ethyl adjacent to an activating group) is 1. The zero-order chi connectivity index (χ0) is 15.4. The summed E-state index contributed by atoms with van der Waals surface area (Å²) < 4.78 is 14.9. The summed E-state index contributed by atoms with van der Waals surface area (Å²) in [7, 11) is 0. The Balaban J connectivity index is 2.30. The van der Waals surface area contributed by atoms with E-state index in [0.717, 1.165) is 16.6 Å². The average molecular weight is 391 g/mol. The van der Waals surface area contributed by atoms with Crippen LogP contribution in [0.4, 0.5) is 4.39 Å². The molecule has 1 unspecified atom stereocenters. The summed E-state index contributed by atoms with van der Waals surface area (Å²) in [5.41, 5.74) is 1.65. The largest absolute Gasteiger partial charge is 0.310 e. The minimum absolute atomic E-state index is 0.0133. The van der Waals surface area contributed by atoms with Crippen LogP contribution in [0, 0.1) is 5.82 Å². The number of nitrogens with one attached hydrogen (secondary N) is 1. The molecule has 0 aliphatic rings. The minimum atomic E-state index is -0.286. The van der Waals surface area contributed by atoms with Crippen molar-refractivity contribution >= 4 is 39.1 Å². The van der Waals surface area contributed by atoms with Crippen molar-refractivity contribution in [3.8, 4) is 0 Å². The SMILES string of the molecule is CCNC(Cc1ccc(Cl)cc1F)c1cc(Cl)cc(Br)c1. The first-order chi connectivity index (χ1) is 9.99. The van der Waals surface area contributed by atoms with Gasteiger partial charge in [0.15, 0.2) is 0 Å². The molecule has 0 spiro atoms. The molecule has 2 rings (SSSR count). The standard InChI is InChI=1S/C16H15BrCl2FN/c1-2-21-16(11-5-12(17)8-14(19)6-11)7-10-3-4-13(18)9-15(10)20/h3-6,8-9,16,21H,2,7H2,1H3. The highest BCUT2D eigenvalue weighted by molar-refractivity contribution is 9.10. The summed E-state index contributed by atoms with van der Waals surface area (Å²) in [5, 5.41) is 4.42. The molecule has 0 aliphatic carbocycles. The molecule has 0 fully saturated rings. The Labute approximate surface area is 142 Å². The van der Waals surface area contributed by atoms with Crippen molar-refractivity contribution in [2.24, 2.45) is 0 Å². The lowest BCUT2D eigenvalue weighted by Crippen LogP contribution is -2.23. The maximum atomic E-state index is 14.0. The van der Waals surface area contributed by atoms with Crippen LogP contribution in [-0.4, -0.2) is 6.54 Å². The molecule has 0 aliphatic heterocycles. The van der Waals surface area contributed by atoms with Crippen LogP contribution in [0.1, 0.15) is 24.1 Å². The minimum Gasteiger partial charge on any atom is -0.310 e. The third kappa shape index (κ3) is 4.68. The van der Waals surface area contributed by atoms with E-state index in [1.807, 2.05) is 25.1 Å². The molecule has 0 saturated heterocycles. The van der Waals surface area contributed by atoms with Crippen LogP contribution in [-0.2, 0) is 6.42 Å². The van der Waals surface area contributed by atoms with Crippen LogP contribution in [0.25, 0.3) is 0 Å². The topological polar surface area (TPSA) is 12.0 Å². The number of hydrogen-bond acceptors (Lipinski definition) is 1. The number of rotatable bonds is 5. The molecular formula is C16H15BrCl2FN. The zero-order valence-corrected chi connectivity index (χ0v) is 14.6. The van der Waals surface area contributed by atoms with Gasteiger partial charge in [0.25, 0.3) is 0 Å². The Morgan fingerprint density at radius 2 is 1.90 bits per heavy atom. The number of hydrogen-bond donors (Lipinski definition) is 1. The number of benzene rings is 2. The van der Waals surface area contributed by atoms with Crippen molar-refractivity contribution in [2.75, 3.05) is 6.54 Å². The number of halogens is 4. The quantitative estimate of drug-likeness (QED) is 0.681. The molecule has 21 heavy (non-hydrogen) atoms. The smallest absolute Gasteiger partial charge is 0.127 e. The lowest BCUT2D eigenvalue weighted by molar-refractivity contribution is 0.528. The van der Waals surface area contributed by atoms with E-state index >= 15 is 0 Å². The monoisotopic (exact) mass is 389 g/mol. The van der Waals surface area contributed by atoms with Crippen molar-refractivity contribution < 1.29 is 4.39 Å². The zero-order valence-electron chi connectivity index (χ0n) is 11.5. The third-order valence-electron chi connectivity index (χ3n) is 3.18. The second-order valence-corrected chi connectivity index (χ2v) is 6.54. The molecule has 0 heterocycles. The summed E-state index contributed by atoms with van der Waals surface area (Å²) in [6.45, 7) is 2.80. The predicted molar refractivity (Wildman–Crippen MR) is 90.7 cm³/mol. The van der Waals surface area contributed by atoms with Crippen LogP contribution in [0.5, 0.6) is 0 Å². The third-order valence-corrected chi connectivity index (χ3v) is 4.09. The highest BCUT2D eigenvalue weighted by atomic mass is 79.9. The van der Waals surface area contributed by atoms with E-state index in [-0.39, 0.29) is 11.9 Å². The van der Waals surface area contributed by atoms with Gasteiger partial charge < -0.3 is 5.32 Å². The maximum Gasteiger partial charge on any atom is 0.127 e. The average Bonchev–Trinajstić information content (AvgIpc) is 2.40. The fourth-order valence-electron chi connectivity index (χ4n) is 2.24. The summed E-state index contributed by atoms with van der Waals surface area (Å²) in [6, 6.07) is 10.5. The highest BCUT2D eigenvalue weighted by Crippen LogP contribution is 2.27. The predicted octanol–water partition coefficient (Wildman–Crippen LogP) is 5.79. The Hall–Kier alpha value is -0.610. The molecule has 112 valence electrons. The first-order valence-electron chi connectivity index (χ1n) is 6.63. The molecular weight excluding hydrogens is 376 g/mol. The van der Waals surface area contributed by atoms with Gasteiger partial charge in [0.05, 0.1) is 0 Å². The van der Waals surface area contributed by atoms with Crippen molar-refractivity contribution in [1.82, 2.24) is 5.32 Å². The molecule has 1 N–H and O–H groups in total. The van der Waals surface area contributed by atoms with Crippen molar-refractivity contribution in [3.63, 3.8) is 0 Å². The molecule has 1 atom stereocenters. The fourth-order valence-corrected chi connectivity index (χ4v) is 3.28. The first-order valence-corrected chi connectivity index (χ1v) is 8.17.